The maximum atomic E-state index is 4.67. The highest BCUT2D eigenvalue weighted by atomic mass is 15.2. The fourth-order valence-electron chi connectivity index (χ4n) is 2.06. The van der Waals surface area contributed by atoms with Gasteiger partial charge in [-0.05, 0) is 58.7 Å². The van der Waals surface area contributed by atoms with Gasteiger partial charge in [0.25, 0.3) is 0 Å². The van der Waals surface area contributed by atoms with Crippen LogP contribution in [0.1, 0.15) is 52.3 Å². The topological polar surface area (TPSA) is 28.2 Å². The van der Waals surface area contributed by atoms with Crippen molar-refractivity contribution in [1.82, 2.24) is 10.3 Å². The molecule has 0 aromatic carbocycles. The monoisotopic (exact) mass is 263 g/mol. The summed E-state index contributed by atoms with van der Waals surface area (Å²) < 4.78 is 0. The number of nitrogens with zero attached hydrogens (tertiary/aromatic N) is 2. The van der Waals surface area contributed by atoms with E-state index >= 15 is 0 Å². The highest BCUT2D eigenvalue weighted by Crippen LogP contribution is 2.16. The van der Waals surface area contributed by atoms with Crippen molar-refractivity contribution < 1.29 is 0 Å². The Morgan fingerprint density at radius 1 is 1.21 bits per heavy atom. The second kappa shape index (κ2) is 6.90. The number of aryl methyl sites for hydroxylation is 1. The molecular formula is C16H29N3. The van der Waals surface area contributed by atoms with E-state index in [1.165, 1.54) is 5.56 Å². The number of aromatic nitrogens is 1. The Bertz CT molecular complexity index is 393. The van der Waals surface area contributed by atoms with Gasteiger partial charge in [0, 0.05) is 30.9 Å². The van der Waals surface area contributed by atoms with Crippen LogP contribution >= 0.6 is 0 Å². The first-order chi connectivity index (χ1) is 8.85. The van der Waals surface area contributed by atoms with E-state index in [9.17, 15) is 0 Å². The van der Waals surface area contributed by atoms with Crippen molar-refractivity contribution in [3.8, 4) is 0 Å². The zero-order valence-electron chi connectivity index (χ0n) is 13.4. The molecule has 0 atom stereocenters. The number of anilines is 1. The molecule has 0 spiro atoms. The van der Waals surface area contributed by atoms with E-state index in [-0.39, 0.29) is 5.54 Å². The number of hydrogen-bond acceptors (Lipinski definition) is 3. The third-order valence-electron chi connectivity index (χ3n) is 3.02. The van der Waals surface area contributed by atoms with E-state index in [0.717, 1.165) is 37.6 Å². The third kappa shape index (κ3) is 5.60. The summed E-state index contributed by atoms with van der Waals surface area (Å²) in [6, 6.07) is 4.38. The summed E-state index contributed by atoms with van der Waals surface area (Å²) in [7, 11) is 0. The molecular weight excluding hydrogens is 234 g/mol. The first-order valence-corrected chi connectivity index (χ1v) is 7.33. The minimum atomic E-state index is 0.144. The molecule has 1 N–H and O–H groups in total. The van der Waals surface area contributed by atoms with Crippen molar-refractivity contribution in [2.24, 2.45) is 0 Å². The Balaban J connectivity index is 2.87. The molecule has 3 heteroatoms. The predicted octanol–water partition coefficient (Wildman–Crippen LogP) is 3.51. The molecule has 0 amide bonds. The summed E-state index contributed by atoms with van der Waals surface area (Å²) in [5, 5.41) is 3.54. The second-order valence-corrected chi connectivity index (χ2v) is 6.16. The molecule has 1 rings (SSSR count). The molecule has 0 aliphatic carbocycles. The van der Waals surface area contributed by atoms with Crippen LogP contribution in [-0.2, 0) is 6.54 Å². The summed E-state index contributed by atoms with van der Waals surface area (Å²) >= 11 is 0. The minimum absolute atomic E-state index is 0.144. The van der Waals surface area contributed by atoms with Crippen LogP contribution in [-0.4, -0.2) is 23.6 Å². The molecule has 1 aromatic heterocycles. The van der Waals surface area contributed by atoms with Gasteiger partial charge < -0.3 is 10.2 Å². The predicted molar refractivity (Wildman–Crippen MR) is 83.7 cm³/mol. The SMILES string of the molecule is CCCN(CC)c1cc(CNC(C)(C)C)cc(C)n1. The summed E-state index contributed by atoms with van der Waals surface area (Å²) in [5.41, 5.74) is 2.55. The summed E-state index contributed by atoms with van der Waals surface area (Å²) in [6.07, 6.45) is 1.15. The maximum absolute atomic E-state index is 4.67. The molecule has 0 bridgehead atoms. The van der Waals surface area contributed by atoms with Crippen molar-refractivity contribution >= 4 is 5.82 Å². The molecule has 3 nitrogen and oxygen atoms in total. The summed E-state index contributed by atoms with van der Waals surface area (Å²) in [4.78, 5) is 7.01. The van der Waals surface area contributed by atoms with Gasteiger partial charge in [0.2, 0.25) is 0 Å². The average molecular weight is 263 g/mol. The van der Waals surface area contributed by atoms with Gasteiger partial charge in [0.1, 0.15) is 5.82 Å². The third-order valence-corrected chi connectivity index (χ3v) is 3.02. The molecule has 0 fully saturated rings. The van der Waals surface area contributed by atoms with Gasteiger partial charge in [-0.3, -0.25) is 0 Å². The number of pyridine rings is 1. The first-order valence-electron chi connectivity index (χ1n) is 7.33. The fraction of sp³-hybridized carbons (Fsp3) is 0.688. The standard InChI is InChI=1S/C16H29N3/c1-7-9-19(8-2)15-11-14(10-13(3)18-15)12-17-16(4,5)6/h10-11,17H,7-9,12H2,1-6H3. The van der Waals surface area contributed by atoms with Crippen molar-refractivity contribution in [3.63, 3.8) is 0 Å². The highest BCUT2D eigenvalue weighted by molar-refractivity contribution is 5.42. The van der Waals surface area contributed by atoms with E-state index in [0.29, 0.717) is 0 Å². The average Bonchev–Trinajstić information content (AvgIpc) is 2.32. The van der Waals surface area contributed by atoms with E-state index < -0.39 is 0 Å². The molecule has 0 unspecified atom stereocenters. The maximum Gasteiger partial charge on any atom is 0.129 e. The number of hydrogen-bond donors (Lipinski definition) is 1. The van der Waals surface area contributed by atoms with Gasteiger partial charge in [-0.1, -0.05) is 6.92 Å². The van der Waals surface area contributed by atoms with Crippen LogP contribution in [0.3, 0.4) is 0 Å². The van der Waals surface area contributed by atoms with Crippen molar-refractivity contribution in [3.05, 3.63) is 23.4 Å². The van der Waals surface area contributed by atoms with Crippen LogP contribution in [0.15, 0.2) is 12.1 Å². The van der Waals surface area contributed by atoms with Crippen LogP contribution in [0.5, 0.6) is 0 Å². The molecule has 0 saturated carbocycles. The van der Waals surface area contributed by atoms with Gasteiger partial charge in [0.15, 0.2) is 0 Å². The number of rotatable bonds is 6. The molecule has 0 saturated heterocycles. The molecule has 1 aromatic rings. The largest absolute Gasteiger partial charge is 0.357 e. The van der Waals surface area contributed by atoms with Crippen LogP contribution in [0.4, 0.5) is 5.82 Å². The lowest BCUT2D eigenvalue weighted by molar-refractivity contribution is 0.424. The van der Waals surface area contributed by atoms with Crippen LogP contribution < -0.4 is 10.2 Å². The summed E-state index contributed by atoms with van der Waals surface area (Å²) in [5.74, 6) is 1.11. The van der Waals surface area contributed by atoms with Crippen molar-refractivity contribution in [1.29, 1.82) is 0 Å². The van der Waals surface area contributed by atoms with E-state index in [2.05, 4.69) is 68.9 Å². The van der Waals surface area contributed by atoms with Gasteiger partial charge >= 0.3 is 0 Å². The quantitative estimate of drug-likeness (QED) is 0.851. The second-order valence-electron chi connectivity index (χ2n) is 6.16. The highest BCUT2D eigenvalue weighted by Gasteiger charge is 2.11. The lowest BCUT2D eigenvalue weighted by Crippen LogP contribution is -2.35. The van der Waals surface area contributed by atoms with Gasteiger partial charge in [-0.25, -0.2) is 4.98 Å². The Labute approximate surface area is 118 Å². The zero-order chi connectivity index (χ0) is 14.5. The molecule has 0 aliphatic rings. The van der Waals surface area contributed by atoms with Crippen LogP contribution in [0, 0.1) is 6.92 Å². The van der Waals surface area contributed by atoms with E-state index in [1.54, 1.807) is 0 Å². The zero-order valence-corrected chi connectivity index (χ0v) is 13.4. The van der Waals surface area contributed by atoms with Gasteiger partial charge in [-0.15, -0.1) is 0 Å². The molecule has 0 radical (unpaired) electrons. The Morgan fingerprint density at radius 3 is 2.42 bits per heavy atom. The first kappa shape index (κ1) is 16.0. The number of nitrogens with one attached hydrogen (secondary N) is 1. The molecule has 0 aliphatic heterocycles. The van der Waals surface area contributed by atoms with Crippen LogP contribution in [0.2, 0.25) is 0 Å². The molecule has 19 heavy (non-hydrogen) atoms. The van der Waals surface area contributed by atoms with E-state index in [1.807, 2.05) is 0 Å². The Kier molecular flexibility index (Phi) is 5.80. The molecule has 1 heterocycles. The van der Waals surface area contributed by atoms with Crippen molar-refractivity contribution in [2.75, 3.05) is 18.0 Å². The van der Waals surface area contributed by atoms with Gasteiger partial charge in [0.05, 0.1) is 0 Å². The van der Waals surface area contributed by atoms with E-state index in [4.69, 9.17) is 0 Å². The van der Waals surface area contributed by atoms with Crippen LogP contribution in [0.25, 0.3) is 0 Å². The fourth-order valence-corrected chi connectivity index (χ4v) is 2.06. The Morgan fingerprint density at radius 2 is 1.89 bits per heavy atom. The smallest absolute Gasteiger partial charge is 0.129 e. The molecule has 108 valence electrons. The minimum Gasteiger partial charge on any atom is -0.357 e. The summed E-state index contributed by atoms with van der Waals surface area (Å²) in [6.45, 7) is 16.0. The lowest BCUT2D eigenvalue weighted by Gasteiger charge is -2.24. The normalized spacial score (nSPS) is 11.7. The van der Waals surface area contributed by atoms with Crippen molar-refractivity contribution in [2.45, 2.75) is 60.0 Å². The lowest BCUT2D eigenvalue weighted by atomic mass is 10.1. The van der Waals surface area contributed by atoms with Gasteiger partial charge in [-0.2, -0.15) is 0 Å². The Hall–Kier alpha value is -1.09.